The molecular weight excluding hydrogens is 521 g/mol. The van der Waals surface area contributed by atoms with Gasteiger partial charge >= 0.3 is 6.36 Å². The summed E-state index contributed by atoms with van der Waals surface area (Å²) in [5, 5.41) is 18.4. The zero-order valence-corrected chi connectivity index (χ0v) is 20.6. The molecule has 1 aliphatic heterocycles. The first kappa shape index (κ1) is 25.9. The molecule has 14 heteroatoms. The molecule has 0 spiro atoms. The Morgan fingerprint density at radius 2 is 2.08 bits per heavy atom. The number of anilines is 1. The molecule has 204 valence electrons. The van der Waals surface area contributed by atoms with Crippen LogP contribution in [-0.2, 0) is 4.79 Å². The van der Waals surface area contributed by atoms with Gasteiger partial charge in [-0.1, -0.05) is 0 Å². The summed E-state index contributed by atoms with van der Waals surface area (Å²) in [7, 11) is 0. The lowest BCUT2D eigenvalue weighted by atomic mass is 10.0. The second-order valence-corrected chi connectivity index (χ2v) is 8.87. The number of pyridine rings is 1. The number of ether oxygens (including phenoxy) is 1. The number of carbonyl (C=O) groups excluding carboxylic acids is 2. The number of alkyl halides is 3. The maximum atomic E-state index is 12.9. The second-order valence-electron chi connectivity index (χ2n) is 8.87. The number of carbonyl (C=O) groups is 2. The van der Waals surface area contributed by atoms with Crippen molar-refractivity contribution >= 4 is 40.3 Å². The van der Waals surface area contributed by atoms with Crippen molar-refractivity contribution < 1.29 is 37.4 Å². The number of aryl methyl sites for hydroxylation is 1. The Morgan fingerprint density at radius 3 is 2.82 bits per heavy atom. The van der Waals surface area contributed by atoms with Crippen LogP contribution in [-0.4, -0.2) is 62.5 Å². The van der Waals surface area contributed by atoms with Crippen LogP contribution in [0.25, 0.3) is 22.8 Å². The van der Waals surface area contributed by atoms with E-state index in [1.165, 1.54) is 17.0 Å². The van der Waals surface area contributed by atoms with Gasteiger partial charge in [-0.3, -0.25) is 14.7 Å². The van der Waals surface area contributed by atoms with Crippen LogP contribution >= 0.6 is 0 Å². The molecule has 0 radical (unpaired) electrons. The SMILES string of the molecule is Cc1[nH]c(/C=C2\C(=O)Nc3ccc(OC(F)(F)F)cc32)c(C)c1C(=O)NCC(O)COn1[nH]c2cccnc21. The molecule has 2 amide bonds. The normalized spacial score (nSPS) is 14.9. The van der Waals surface area contributed by atoms with E-state index in [1.54, 1.807) is 26.1 Å². The van der Waals surface area contributed by atoms with Gasteiger partial charge < -0.3 is 30.3 Å². The number of H-pyrrole nitrogens is 2. The Kier molecular flexibility index (Phi) is 6.56. The number of rotatable bonds is 8. The van der Waals surface area contributed by atoms with Crippen molar-refractivity contribution in [3.8, 4) is 5.75 Å². The molecule has 1 aliphatic rings. The summed E-state index contributed by atoms with van der Waals surface area (Å²) in [6.07, 6.45) is -2.82. The maximum Gasteiger partial charge on any atom is 0.573 e. The summed E-state index contributed by atoms with van der Waals surface area (Å²) in [6.45, 7) is 3.13. The van der Waals surface area contributed by atoms with E-state index in [4.69, 9.17) is 4.84 Å². The van der Waals surface area contributed by atoms with Crippen LogP contribution in [0.4, 0.5) is 18.9 Å². The van der Waals surface area contributed by atoms with E-state index in [1.807, 2.05) is 6.07 Å². The number of nitrogens with zero attached hydrogens (tertiary/aromatic N) is 2. The summed E-state index contributed by atoms with van der Waals surface area (Å²) in [4.78, 5) is 39.4. The van der Waals surface area contributed by atoms with Crippen LogP contribution in [0.15, 0.2) is 36.5 Å². The van der Waals surface area contributed by atoms with Crippen molar-refractivity contribution in [1.29, 1.82) is 0 Å². The molecule has 11 nitrogen and oxygen atoms in total. The van der Waals surface area contributed by atoms with Gasteiger partial charge in [-0.25, -0.2) is 4.98 Å². The van der Waals surface area contributed by atoms with Crippen molar-refractivity contribution in [3.63, 3.8) is 0 Å². The first-order chi connectivity index (χ1) is 18.5. The molecule has 39 heavy (non-hydrogen) atoms. The number of aromatic nitrogens is 4. The number of aromatic amines is 2. The van der Waals surface area contributed by atoms with E-state index in [2.05, 4.69) is 30.4 Å². The van der Waals surface area contributed by atoms with E-state index >= 15 is 0 Å². The molecule has 4 aromatic rings. The van der Waals surface area contributed by atoms with Gasteiger partial charge in [-0.2, -0.15) is 0 Å². The van der Waals surface area contributed by atoms with Gasteiger partial charge in [0.05, 0.1) is 11.1 Å². The third-order valence-corrected chi connectivity index (χ3v) is 6.09. The van der Waals surface area contributed by atoms with Crippen LogP contribution in [0.3, 0.4) is 0 Å². The molecule has 3 aromatic heterocycles. The lowest BCUT2D eigenvalue weighted by Gasteiger charge is -2.18. The summed E-state index contributed by atoms with van der Waals surface area (Å²) in [6, 6.07) is 7.15. The fraction of sp³-hybridized carbons (Fsp3) is 0.240. The third-order valence-electron chi connectivity index (χ3n) is 6.09. The van der Waals surface area contributed by atoms with Crippen LogP contribution in [0.2, 0.25) is 0 Å². The average molecular weight is 544 g/mol. The zero-order valence-electron chi connectivity index (χ0n) is 20.6. The molecule has 5 rings (SSSR count). The first-order valence-corrected chi connectivity index (χ1v) is 11.7. The zero-order chi connectivity index (χ0) is 27.9. The fourth-order valence-electron chi connectivity index (χ4n) is 4.28. The van der Waals surface area contributed by atoms with Gasteiger partial charge in [0.25, 0.3) is 11.8 Å². The first-order valence-electron chi connectivity index (χ1n) is 11.7. The van der Waals surface area contributed by atoms with E-state index in [-0.39, 0.29) is 24.3 Å². The smallest absolute Gasteiger partial charge is 0.406 e. The number of aliphatic hydroxyl groups excluding tert-OH is 1. The Balaban J connectivity index is 1.27. The van der Waals surface area contributed by atoms with Crippen LogP contribution in [0.5, 0.6) is 5.75 Å². The molecule has 4 heterocycles. The highest BCUT2D eigenvalue weighted by molar-refractivity contribution is 6.35. The van der Waals surface area contributed by atoms with Gasteiger partial charge in [0.15, 0.2) is 0 Å². The highest BCUT2D eigenvalue weighted by Gasteiger charge is 2.33. The lowest BCUT2D eigenvalue weighted by Crippen LogP contribution is -2.38. The summed E-state index contributed by atoms with van der Waals surface area (Å²) in [5.74, 6) is -1.43. The van der Waals surface area contributed by atoms with E-state index in [0.29, 0.717) is 33.8 Å². The number of fused-ring (bicyclic) bond motifs is 2. The van der Waals surface area contributed by atoms with Crippen molar-refractivity contribution in [1.82, 2.24) is 25.2 Å². The summed E-state index contributed by atoms with van der Waals surface area (Å²) in [5.41, 5.74) is 3.80. The molecule has 0 saturated carbocycles. The molecular formula is C25H23F3N6O5. The second kappa shape index (κ2) is 9.87. The minimum atomic E-state index is -4.88. The topological polar surface area (TPSA) is 146 Å². The number of amides is 2. The minimum absolute atomic E-state index is 0.0972. The fourth-order valence-corrected chi connectivity index (χ4v) is 4.28. The van der Waals surface area contributed by atoms with Gasteiger partial charge in [0, 0.05) is 35.4 Å². The van der Waals surface area contributed by atoms with E-state index < -0.39 is 30.0 Å². The van der Waals surface area contributed by atoms with Crippen LogP contribution in [0, 0.1) is 13.8 Å². The monoisotopic (exact) mass is 544 g/mol. The van der Waals surface area contributed by atoms with Gasteiger partial charge in [0.2, 0.25) is 5.65 Å². The van der Waals surface area contributed by atoms with Crippen molar-refractivity contribution in [2.24, 2.45) is 0 Å². The Bertz CT molecular complexity index is 1600. The number of nitrogens with one attached hydrogen (secondary N) is 4. The quantitative estimate of drug-likeness (QED) is 0.216. The lowest BCUT2D eigenvalue weighted by molar-refractivity contribution is -0.274. The molecule has 1 unspecified atom stereocenters. The average Bonchev–Trinajstić information content (AvgIpc) is 3.31. The molecule has 0 aliphatic carbocycles. The predicted molar refractivity (Wildman–Crippen MR) is 134 cm³/mol. The number of hydrogen-bond acceptors (Lipinski definition) is 6. The van der Waals surface area contributed by atoms with Crippen molar-refractivity contribution in [2.45, 2.75) is 26.3 Å². The number of aliphatic hydroxyl groups is 1. The van der Waals surface area contributed by atoms with Crippen molar-refractivity contribution in [2.75, 3.05) is 18.5 Å². The predicted octanol–water partition coefficient (Wildman–Crippen LogP) is 2.92. The maximum absolute atomic E-state index is 12.9. The third kappa shape index (κ3) is 5.31. The summed E-state index contributed by atoms with van der Waals surface area (Å²) >= 11 is 0. The number of benzene rings is 1. The van der Waals surface area contributed by atoms with Crippen molar-refractivity contribution in [3.05, 3.63) is 64.6 Å². The standard InChI is InChI=1S/C25H23F3N6O5/c1-12-20(9-17-16-8-15(39-25(26,27)28)5-6-18(16)32-23(17)36)31-13(2)21(12)24(37)30-10-14(35)11-38-34-22-19(33-34)4-3-7-29-22/h3-9,14,31,33,35H,10-11H2,1-2H3,(H,30,37)(H,32,36)/b17-9-. The molecule has 5 N–H and O–H groups in total. The molecule has 0 fully saturated rings. The number of hydrogen-bond donors (Lipinski definition) is 5. The Hall–Kier alpha value is -4.72. The van der Waals surface area contributed by atoms with Crippen LogP contribution in [0.1, 0.15) is 32.9 Å². The highest BCUT2D eigenvalue weighted by atomic mass is 19.4. The summed E-state index contributed by atoms with van der Waals surface area (Å²) < 4.78 is 42.0. The van der Waals surface area contributed by atoms with Gasteiger partial charge in [-0.05, 0) is 55.8 Å². The van der Waals surface area contributed by atoms with Crippen LogP contribution < -0.4 is 20.2 Å². The molecule has 0 bridgehead atoms. The molecule has 0 saturated heterocycles. The van der Waals surface area contributed by atoms with E-state index in [9.17, 15) is 27.9 Å². The minimum Gasteiger partial charge on any atom is -0.406 e. The molecule has 1 atom stereocenters. The molecule has 1 aromatic carbocycles. The Labute approximate surface area is 218 Å². The van der Waals surface area contributed by atoms with Gasteiger partial charge in [0.1, 0.15) is 24.0 Å². The van der Waals surface area contributed by atoms with E-state index in [0.717, 1.165) is 17.6 Å². The van der Waals surface area contributed by atoms with Gasteiger partial charge in [-0.15, -0.1) is 18.0 Å². The number of halogens is 3. The largest absolute Gasteiger partial charge is 0.573 e. The Morgan fingerprint density at radius 1 is 1.28 bits per heavy atom. The highest BCUT2D eigenvalue weighted by Crippen LogP contribution is 2.37.